The van der Waals surface area contributed by atoms with Crippen LogP contribution in [-0.4, -0.2) is 26.3 Å². The molecule has 0 bridgehead atoms. The average molecular weight is 314 g/mol. The maximum Gasteiger partial charge on any atom is 0.0675 e. The van der Waals surface area contributed by atoms with Gasteiger partial charge in [0.25, 0.3) is 0 Å². The number of benzene rings is 1. The van der Waals surface area contributed by atoms with Crippen molar-refractivity contribution in [1.82, 2.24) is 5.32 Å². The summed E-state index contributed by atoms with van der Waals surface area (Å²) < 4.78 is 6.07. The van der Waals surface area contributed by atoms with Crippen LogP contribution < -0.4 is 5.32 Å². The Balaban J connectivity index is 1.88. The average Bonchev–Trinajstić information content (AvgIpc) is 3.17. The van der Waals surface area contributed by atoms with Gasteiger partial charge in [0.2, 0.25) is 0 Å². The van der Waals surface area contributed by atoms with E-state index < -0.39 is 0 Å². The topological polar surface area (TPSA) is 21.3 Å². The van der Waals surface area contributed by atoms with Gasteiger partial charge in [-0.25, -0.2) is 0 Å². The van der Waals surface area contributed by atoms with E-state index in [4.69, 9.17) is 27.9 Å². The van der Waals surface area contributed by atoms with Crippen LogP contribution in [0.2, 0.25) is 10.0 Å². The van der Waals surface area contributed by atoms with E-state index in [0.29, 0.717) is 6.10 Å². The first-order valence-electron chi connectivity index (χ1n) is 7.35. The Kier molecular flexibility index (Phi) is 4.28. The van der Waals surface area contributed by atoms with E-state index in [1.54, 1.807) is 0 Å². The van der Waals surface area contributed by atoms with Crippen LogP contribution in [0.25, 0.3) is 0 Å². The predicted molar refractivity (Wildman–Crippen MR) is 83.6 cm³/mol. The van der Waals surface area contributed by atoms with Crippen LogP contribution in [0, 0.1) is 11.3 Å². The molecule has 0 aromatic heterocycles. The molecule has 1 saturated heterocycles. The summed E-state index contributed by atoms with van der Waals surface area (Å²) in [6.45, 7) is 1.83. The fourth-order valence-electron chi connectivity index (χ4n) is 3.59. The Hall–Kier alpha value is -0.280. The molecule has 2 fully saturated rings. The number of nitrogens with one attached hydrogen (secondary N) is 1. The molecule has 0 spiro atoms. The lowest BCUT2D eigenvalue weighted by atomic mass is 9.74. The van der Waals surface area contributed by atoms with E-state index in [1.807, 2.05) is 25.2 Å². The molecule has 110 valence electrons. The van der Waals surface area contributed by atoms with Crippen molar-refractivity contribution in [2.75, 3.05) is 20.2 Å². The molecule has 1 aromatic rings. The van der Waals surface area contributed by atoms with Gasteiger partial charge in [-0.3, -0.25) is 0 Å². The van der Waals surface area contributed by atoms with E-state index in [9.17, 15) is 0 Å². The van der Waals surface area contributed by atoms with Crippen LogP contribution in [0.5, 0.6) is 0 Å². The van der Waals surface area contributed by atoms with Crippen LogP contribution >= 0.6 is 23.2 Å². The van der Waals surface area contributed by atoms with Crippen LogP contribution in [-0.2, 0) is 11.2 Å². The molecule has 1 N–H and O–H groups in total. The Bertz CT molecular complexity index is 489. The number of halogens is 2. The largest absolute Gasteiger partial charge is 0.377 e. The van der Waals surface area contributed by atoms with Crippen LogP contribution in [0.15, 0.2) is 18.2 Å². The molecule has 3 rings (SSSR count). The van der Waals surface area contributed by atoms with Crippen molar-refractivity contribution in [1.29, 1.82) is 0 Å². The molecule has 1 saturated carbocycles. The van der Waals surface area contributed by atoms with E-state index in [2.05, 4.69) is 5.32 Å². The van der Waals surface area contributed by atoms with Gasteiger partial charge >= 0.3 is 0 Å². The molecule has 1 aliphatic heterocycles. The van der Waals surface area contributed by atoms with Crippen molar-refractivity contribution >= 4 is 23.2 Å². The highest BCUT2D eigenvalue weighted by molar-refractivity contribution is 6.33. The van der Waals surface area contributed by atoms with Crippen LogP contribution in [0.3, 0.4) is 0 Å². The molecule has 4 heteroatoms. The monoisotopic (exact) mass is 313 g/mol. The van der Waals surface area contributed by atoms with Crippen molar-refractivity contribution in [2.45, 2.75) is 31.8 Å². The molecule has 2 nitrogen and oxygen atoms in total. The highest BCUT2D eigenvalue weighted by Gasteiger charge is 2.50. The molecule has 1 aromatic carbocycles. The summed E-state index contributed by atoms with van der Waals surface area (Å²) in [5.74, 6) is 0.740. The number of hydrogen-bond donors (Lipinski definition) is 1. The molecular formula is C16H21Cl2NO. The molecular weight excluding hydrogens is 293 g/mol. The van der Waals surface area contributed by atoms with Gasteiger partial charge in [0.1, 0.15) is 0 Å². The Morgan fingerprint density at radius 3 is 2.85 bits per heavy atom. The zero-order valence-corrected chi connectivity index (χ0v) is 13.3. The Morgan fingerprint density at radius 1 is 1.35 bits per heavy atom. The van der Waals surface area contributed by atoms with Gasteiger partial charge in [0.15, 0.2) is 0 Å². The standard InChI is InChI=1S/C16H21Cl2NO/c1-19-10-16(6-7-20-15(16)11-2-3-11)9-12-8-13(17)4-5-14(12)18/h4-5,8,11,15,19H,2-3,6-7,9-10H2,1H3. The zero-order valence-electron chi connectivity index (χ0n) is 11.8. The van der Waals surface area contributed by atoms with Gasteiger partial charge in [-0.2, -0.15) is 0 Å². The van der Waals surface area contributed by atoms with Gasteiger partial charge in [0, 0.05) is 28.6 Å². The summed E-state index contributed by atoms with van der Waals surface area (Å²) in [5, 5.41) is 4.93. The first-order chi connectivity index (χ1) is 9.64. The lowest BCUT2D eigenvalue weighted by Crippen LogP contribution is -2.42. The van der Waals surface area contributed by atoms with Crippen molar-refractivity contribution in [3.63, 3.8) is 0 Å². The smallest absolute Gasteiger partial charge is 0.0675 e. The van der Waals surface area contributed by atoms with Crippen LogP contribution in [0.4, 0.5) is 0 Å². The van der Waals surface area contributed by atoms with Gasteiger partial charge in [0.05, 0.1) is 6.10 Å². The normalized spacial score (nSPS) is 29.9. The summed E-state index contributed by atoms with van der Waals surface area (Å²) in [5.41, 5.74) is 1.30. The number of rotatable bonds is 5. The number of ether oxygens (including phenoxy) is 1. The van der Waals surface area contributed by atoms with Crippen molar-refractivity contribution in [3.8, 4) is 0 Å². The molecule has 0 amide bonds. The Morgan fingerprint density at radius 2 is 2.15 bits per heavy atom. The third-order valence-corrected chi connectivity index (χ3v) is 5.23. The summed E-state index contributed by atoms with van der Waals surface area (Å²) in [6, 6.07) is 5.75. The maximum absolute atomic E-state index is 6.36. The molecule has 2 atom stereocenters. The quantitative estimate of drug-likeness (QED) is 0.889. The van der Waals surface area contributed by atoms with E-state index in [-0.39, 0.29) is 5.41 Å². The van der Waals surface area contributed by atoms with E-state index >= 15 is 0 Å². The minimum atomic E-state index is 0.157. The fraction of sp³-hybridized carbons (Fsp3) is 0.625. The Labute approximate surface area is 130 Å². The molecule has 2 unspecified atom stereocenters. The summed E-state index contributed by atoms with van der Waals surface area (Å²) >= 11 is 12.5. The third-order valence-electron chi connectivity index (χ3n) is 4.63. The fourth-order valence-corrected chi connectivity index (χ4v) is 3.97. The molecule has 2 aliphatic rings. The first kappa shape index (κ1) is 14.6. The zero-order chi connectivity index (χ0) is 14.2. The molecule has 1 aliphatic carbocycles. The second kappa shape index (κ2) is 5.84. The van der Waals surface area contributed by atoms with Crippen molar-refractivity contribution in [3.05, 3.63) is 33.8 Å². The van der Waals surface area contributed by atoms with Gasteiger partial charge in [-0.15, -0.1) is 0 Å². The predicted octanol–water partition coefficient (Wildman–Crippen LogP) is 3.94. The maximum atomic E-state index is 6.36. The van der Waals surface area contributed by atoms with E-state index in [1.165, 1.54) is 12.8 Å². The van der Waals surface area contributed by atoms with E-state index in [0.717, 1.165) is 47.5 Å². The molecule has 0 radical (unpaired) electrons. The summed E-state index contributed by atoms with van der Waals surface area (Å²) in [4.78, 5) is 0. The second-order valence-electron chi connectivity index (χ2n) is 6.18. The lowest BCUT2D eigenvalue weighted by molar-refractivity contribution is 0.0315. The number of hydrogen-bond acceptors (Lipinski definition) is 2. The lowest BCUT2D eigenvalue weighted by Gasteiger charge is -2.35. The second-order valence-corrected chi connectivity index (χ2v) is 7.03. The highest BCUT2D eigenvalue weighted by atomic mass is 35.5. The molecule has 20 heavy (non-hydrogen) atoms. The third kappa shape index (κ3) is 2.85. The van der Waals surface area contributed by atoms with Crippen LogP contribution in [0.1, 0.15) is 24.8 Å². The minimum Gasteiger partial charge on any atom is -0.377 e. The molecule has 1 heterocycles. The summed E-state index contributed by atoms with van der Waals surface area (Å²) in [7, 11) is 2.02. The van der Waals surface area contributed by atoms with Crippen molar-refractivity contribution < 1.29 is 4.74 Å². The summed E-state index contributed by atoms with van der Waals surface area (Å²) in [6.07, 6.45) is 5.01. The SMILES string of the molecule is CNCC1(Cc2cc(Cl)ccc2Cl)CCOC1C1CC1. The van der Waals surface area contributed by atoms with Gasteiger partial charge < -0.3 is 10.1 Å². The highest BCUT2D eigenvalue weighted by Crippen LogP contribution is 2.49. The van der Waals surface area contributed by atoms with Gasteiger partial charge in [-0.1, -0.05) is 23.2 Å². The first-order valence-corrected chi connectivity index (χ1v) is 8.10. The van der Waals surface area contributed by atoms with Gasteiger partial charge in [-0.05, 0) is 62.4 Å². The minimum absolute atomic E-state index is 0.157. The van der Waals surface area contributed by atoms with Crippen molar-refractivity contribution in [2.24, 2.45) is 11.3 Å².